The lowest BCUT2D eigenvalue weighted by atomic mass is 9.98. The third-order valence-corrected chi connectivity index (χ3v) is 5.19. The minimum atomic E-state index is -0.307. The predicted octanol–water partition coefficient (Wildman–Crippen LogP) is 3.93. The summed E-state index contributed by atoms with van der Waals surface area (Å²) >= 11 is 0. The van der Waals surface area contributed by atoms with Gasteiger partial charge < -0.3 is 10.2 Å². The molecule has 0 aliphatic carbocycles. The molecule has 2 aromatic heterocycles. The lowest BCUT2D eigenvalue weighted by Crippen LogP contribution is -2.41. The molecule has 1 aliphatic heterocycles. The summed E-state index contributed by atoms with van der Waals surface area (Å²) in [7, 11) is 0. The number of carbonyl (C=O) groups is 1. The number of benzene rings is 1. The Morgan fingerprint density at radius 3 is 2.83 bits per heavy atom. The van der Waals surface area contributed by atoms with Crippen molar-refractivity contribution in [1.29, 1.82) is 0 Å². The SMILES string of the molecule is O=C(NCC1CCCN(c2ccccn2)C1)c1ccc(-c2cccc(F)c2)nc1. The standard InChI is InChI=1S/C23H23FN4O/c24-20-7-3-6-18(13-20)21-10-9-19(15-26-21)23(29)27-14-17-5-4-12-28(16-17)22-8-1-2-11-25-22/h1-3,6-11,13,15,17H,4-5,12,14,16H2,(H,27,29). The molecule has 1 fully saturated rings. The third kappa shape index (κ3) is 4.77. The second-order valence-corrected chi connectivity index (χ2v) is 7.29. The van der Waals surface area contributed by atoms with Crippen molar-refractivity contribution in [1.82, 2.24) is 15.3 Å². The number of halogens is 1. The summed E-state index contributed by atoms with van der Waals surface area (Å²) in [6, 6.07) is 15.7. The summed E-state index contributed by atoms with van der Waals surface area (Å²) in [6.45, 7) is 2.49. The van der Waals surface area contributed by atoms with Crippen LogP contribution in [0, 0.1) is 11.7 Å². The molecule has 4 rings (SSSR count). The van der Waals surface area contributed by atoms with Crippen molar-refractivity contribution >= 4 is 11.7 Å². The van der Waals surface area contributed by atoms with Crippen LogP contribution in [0.1, 0.15) is 23.2 Å². The van der Waals surface area contributed by atoms with Crippen LogP contribution in [0.15, 0.2) is 67.0 Å². The quantitative estimate of drug-likeness (QED) is 0.717. The Labute approximate surface area is 169 Å². The van der Waals surface area contributed by atoms with Crippen LogP contribution >= 0.6 is 0 Å². The highest BCUT2D eigenvalue weighted by Crippen LogP contribution is 2.21. The average Bonchev–Trinajstić information content (AvgIpc) is 2.78. The Balaban J connectivity index is 1.33. The number of nitrogens with one attached hydrogen (secondary N) is 1. The number of hydrogen-bond acceptors (Lipinski definition) is 4. The van der Waals surface area contributed by atoms with Crippen LogP contribution < -0.4 is 10.2 Å². The molecule has 1 aromatic carbocycles. The van der Waals surface area contributed by atoms with E-state index in [1.54, 1.807) is 30.5 Å². The molecule has 1 aliphatic rings. The van der Waals surface area contributed by atoms with Crippen molar-refractivity contribution in [2.45, 2.75) is 12.8 Å². The van der Waals surface area contributed by atoms with E-state index in [0.717, 1.165) is 31.7 Å². The fraction of sp³-hybridized carbons (Fsp3) is 0.261. The normalized spacial score (nSPS) is 16.4. The van der Waals surface area contributed by atoms with E-state index >= 15 is 0 Å². The second kappa shape index (κ2) is 8.82. The number of aromatic nitrogens is 2. The van der Waals surface area contributed by atoms with Gasteiger partial charge in [-0.3, -0.25) is 9.78 Å². The van der Waals surface area contributed by atoms with E-state index < -0.39 is 0 Å². The molecule has 0 spiro atoms. The molecule has 6 heteroatoms. The largest absolute Gasteiger partial charge is 0.356 e. The predicted molar refractivity (Wildman–Crippen MR) is 111 cm³/mol. The number of amides is 1. The number of pyridine rings is 2. The smallest absolute Gasteiger partial charge is 0.252 e. The molecule has 1 saturated heterocycles. The first-order chi connectivity index (χ1) is 14.2. The maximum Gasteiger partial charge on any atom is 0.252 e. The van der Waals surface area contributed by atoms with Crippen LogP contribution in [0.5, 0.6) is 0 Å². The summed E-state index contributed by atoms with van der Waals surface area (Å²) in [5.74, 6) is 0.923. The van der Waals surface area contributed by atoms with Crippen molar-refractivity contribution in [3.05, 3.63) is 78.4 Å². The van der Waals surface area contributed by atoms with Gasteiger partial charge in [0, 0.05) is 37.6 Å². The molecule has 1 atom stereocenters. The molecular formula is C23H23FN4O. The van der Waals surface area contributed by atoms with Gasteiger partial charge in [0.25, 0.3) is 5.91 Å². The van der Waals surface area contributed by atoms with Crippen molar-refractivity contribution in [3.8, 4) is 11.3 Å². The van der Waals surface area contributed by atoms with Crippen molar-refractivity contribution in [3.63, 3.8) is 0 Å². The zero-order valence-electron chi connectivity index (χ0n) is 16.1. The number of nitrogens with zero attached hydrogens (tertiary/aromatic N) is 3. The summed E-state index contributed by atoms with van der Waals surface area (Å²) < 4.78 is 13.4. The molecule has 1 N–H and O–H groups in total. The number of hydrogen-bond donors (Lipinski definition) is 1. The highest BCUT2D eigenvalue weighted by Gasteiger charge is 2.21. The van der Waals surface area contributed by atoms with Crippen molar-refractivity contribution < 1.29 is 9.18 Å². The molecule has 0 bridgehead atoms. The molecule has 3 aromatic rings. The van der Waals surface area contributed by atoms with E-state index in [2.05, 4.69) is 20.2 Å². The molecule has 0 saturated carbocycles. The van der Waals surface area contributed by atoms with Crippen LogP contribution in [0.4, 0.5) is 10.2 Å². The fourth-order valence-corrected chi connectivity index (χ4v) is 3.67. The van der Waals surface area contributed by atoms with Gasteiger partial charge in [-0.1, -0.05) is 18.2 Å². The Bertz CT molecular complexity index is 962. The number of rotatable bonds is 5. The maximum atomic E-state index is 13.4. The first kappa shape index (κ1) is 19.1. The summed E-state index contributed by atoms with van der Waals surface area (Å²) in [5.41, 5.74) is 1.83. The molecule has 0 radical (unpaired) electrons. The Hall–Kier alpha value is -3.28. The van der Waals surface area contributed by atoms with E-state index in [-0.39, 0.29) is 11.7 Å². The molecule has 1 unspecified atom stereocenters. The minimum Gasteiger partial charge on any atom is -0.356 e. The Kier molecular flexibility index (Phi) is 5.79. The highest BCUT2D eigenvalue weighted by atomic mass is 19.1. The number of anilines is 1. The van der Waals surface area contributed by atoms with Crippen LogP contribution in [0.3, 0.4) is 0 Å². The summed E-state index contributed by atoms with van der Waals surface area (Å²) in [6.07, 6.45) is 5.51. The molecule has 29 heavy (non-hydrogen) atoms. The molecular weight excluding hydrogens is 367 g/mol. The zero-order chi connectivity index (χ0) is 20.1. The lowest BCUT2D eigenvalue weighted by Gasteiger charge is -2.33. The van der Waals surface area contributed by atoms with E-state index in [4.69, 9.17) is 0 Å². The van der Waals surface area contributed by atoms with Gasteiger partial charge in [0.05, 0.1) is 11.3 Å². The van der Waals surface area contributed by atoms with Crippen LogP contribution in [0.2, 0.25) is 0 Å². The Morgan fingerprint density at radius 1 is 1.14 bits per heavy atom. The first-order valence-electron chi connectivity index (χ1n) is 9.85. The van der Waals surface area contributed by atoms with Gasteiger partial charge in [-0.15, -0.1) is 0 Å². The third-order valence-electron chi connectivity index (χ3n) is 5.19. The zero-order valence-corrected chi connectivity index (χ0v) is 16.1. The summed E-state index contributed by atoms with van der Waals surface area (Å²) in [5, 5.41) is 3.02. The monoisotopic (exact) mass is 390 g/mol. The van der Waals surface area contributed by atoms with Crippen LogP contribution in [0.25, 0.3) is 11.3 Å². The summed E-state index contributed by atoms with van der Waals surface area (Å²) in [4.78, 5) is 23.5. The topological polar surface area (TPSA) is 58.1 Å². The molecule has 1 amide bonds. The molecule has 3 heterocycles. The average molecular weight is 390 g/mol. The molecule has 5 nitrogen and oxygen atoms in total. The highest BCUT2D eigenvalue weighted by molar-refractivity contribution is 5.94. The van der Waals surface area contributed by atoms with Crippen molar-refractivity contribution in [2.75, 3.05) is 24.5 Å². The van der Waals surface area contributed by atoms with Gasteiger partial charge in [-0.05, 0) is 55.2 Å². The van der Waals surface area contributed by atoms with Gasteiger partial charge in [-0.25, -0.2) is 9.37 Å². The van der Waals surface area contributed by atoms with Gasteiger partial charge in [-0.2, -0.15) is 0 Å². The van der Waals surface area contributed by atoms with E-state index in [9.17, 15) is 9.18 Å². The van der Waals surface area contributed by atoms with Crippen LogP contribution in [-0.2, 0) is 0 Å². The van der Waals surface area contributed by atoms with Crippen molar-refractivity contribution in [2.24, 2.45) is 5.92 Å². The van der Waals surface area contributed by atoms with E-state index in [1.165, 1.54) is 18.3 Å². The van der Waals surface area contributed by atoms with E-state index in [1.807, 2.05) is 18.2 Å². The van der Waals surface area contributed by atoms with E-state index in [0.29, 0.717) is 29.3 Å². The Morgan fingerprint density at radius 2 is 2.07 bits per heavy atom. The van der Waals surface area contributed by atoms with Gasteiger partial charge in [0.2, 0.25) is 0 Å². The molecule has 148 valence electrons. The number of piperidine rings is 1. The van der Waals surface area contributed by atoms with Gasteiger partial charge in [0.15, 0.2) is 0 Å². The van der Waals surface area contributed by atoms with Gasteiger partial charge >= 0.3 is 0 Å². The first-order valence-corrected chi connectivity index (χ1v) is 9.85. The lowest BCUT2D eigenvalue weighted by molar-refractivity contribution is 0.0945. The second-order valence-electron chi connectivity index (χ2n) is 7.29. The van der Waals surface area contributed by atoms with Crippen LogP contribution in [-0.4, -0.2) is 35.5 Å². The van der Waals surface area contributed by atoms with Gasteiger partial charge in [0.1, 0.15) is 11.6 Å². The number of carbonyl (C=O) groups excluding carboxylic acids is 1. The maximum absolute atomic E-state index is 13.4. The fourth-order valence-electron chi connectivity index (χ4n) is 3.67. The minimum absolute atomic E-state index is 0.141.